The van der Waals surface area contributed by atoms with Gasteiger partial charge in [-0.05, 0) is 41.9 Å². The largest absolute Gasteiger partial charge is 0.493 e. The van der Waals surface area contributed by atoms with Crippen molar-refractivity contribution in [2.24, 2.45) is 11.7 Å². The lowest BCUT2D eigenvalue weighted by molar-refractivity contribution is 0.287. The molecule has 20 heavy (non-hydrogen) atoms. The Kier molecular flexibility index (Phi) is 4.88. The van der Waals surface area contributed by atoms with Gasteiger partial charge in [0.05, 0.1) is 24.3 Å². The number of likely N-dealkylation sites (tertiary alicyclic amines) is 1. The molecule has 1 aliphatic rings. The topological polar surface area (TPSA) is 47.7 Å². The molecule has 0 saturated carbocycles. The summed E-state index contributed by atoms with van der Waals surface area (Å²) >= 11 is 3.25. The Morgan fingerprint density at radius 3 is 2.65 bits per heavy atom. The van der Waals surface area contributed by atoms with Crippen LogP contribution in [0.3, 0.4) is 0 Å². The van der Waals surface area contributed by atoms with E-state index in [2.05, 4.69) is 20.8 Å². The smallest absolute Gasteiger partial charge is 0.168 e. The van der Waals surface area contributed by atoms with E-state index in [4.69, 9.17) is 15.2 Å². The summed E-state index contributed by atoms with van der Waals surface area (Å²) in [5.74, 6) is 1.07. The zero-order valence-corrected chi connectivity index (χ0v) is 13.5. The Labute approximate surface area is 127 Å². The zero-order chi connectivity index (χ0) is 14.9. The van der Waals surface area contributed by atoms with E-state index in [-0.39, 0.29) is 11.9 Å². The van der Waals surface area contributed by atoms with Gasteiger partial charge in [-0.1, -0.05) is 0 Å². The fourth-order valence-electron chi connectivity index (χ4n) is 2.88. The molecule has 112 valence electrons. The van der Waals surface area contributed by atoms with Gasteiger partial charge in [0.15, 0.2) is 11.5 Å². The summed E-state index contributed by atoms with van der Waals surface area (Å²) < 4.78 is 25.7. The van der Waals surface area contributed by atoms with Crippen LogP contribution in [0.15, 0.2) is 10.5 Å². The molecule has 1 aromatic carbocycles. The van der Waals surface area contributed by atoms with Crippen LogP contribution in [0.1, 0.15) is 18.0 Å². The van der Waals surface area contributed by atoms with Crippen molar-refractivity contribution in [2.75, 3.05) is 34.4 Å². The van der Waals surface area contributed by atoms with Gasteiger partial charge in [-0.2, -0.15) is 0 Å². The van der Waals surface area contributed by atoms with Crippen molar-refractivity contribution < 1.29 is 13.9 Å². The minimum atomic E-state index is -0.294. The number of methoxy groups -OCH3 is 2. The maximum absolute atomic E-state index is 14.6. The van der Waals surface area contributed by atoms with E-state index >= 15 is 0 Å². The number of nitrogens with two attached hydrogens (primary N) is 1. The molecule has 1 saturated heterocycles. The highest BCUT2D eigenvalue weighted by Crippen LogP contribution is 2.45. The summed E-state index contributed by atoms with van der Waals surface area (Å²) in [7, 11) is 5.06. The molecule has 2 atom stereocenters. The monoisotopic (exact) mass is 346 g/mol. The fraction of sp³-hybridized carbons (Fsp3) is 0.571. The zero-order valence-electron chi connectivity index (χ0n) is 12.0. The number of ether oxygens (including phenoxy) is 2. The number of benzene rings is 1. The van der Waals surface area contributed by atoms with Crippen LogP contribution in [0.4, 0.5) is 4.39 Å². The van der Waals surface area contributed by atoms with Crippen molar-refractivity contribution in [2.45, 2.75) is 12.5 Å². The average molecular weight is 347 g/mol. The third kappa shape index (κ3) is 2.64. The summed E-state index contributed by atoms with van der Waals surface area (Å²) in [5.41, 5.74) is 6.28. The van der Waals surface area contributed by atoms with Crippen molar-refractivity contribution in [1.82, 2.24) is 4.90 Å². The van der Waals surface area contributed by atoms with Crippen molar-refractivity contribution >= 4 is 15.9 Å². The summed E-state index contributed by atoms with van der Waals surface area (Å²) in [6, 6.07) is 1.54. The quantitative estimate of drug-likeness (QED) is 0.910. The van der Waals surface area contributed by atoms with Gasteiger partial charge in [-0.15, -0.1) is 0 Å². The lowest BCUT2D eigenvalue weighted by Gasteiger charge is -2.24. The molecule has 0 aromatic heterocycles. The Bertz CT molecular complexity index is 499. The molecule has 0 radical (unpaired) electrons. The highest BCUT2D eigenvalue weighted by Gasteiger charge is 2.35. The van der Waals surface area contributed by atoms with Crippen LogP contribution in [-0.2, 0) is 0 Å². The van der Waals surface area contributed by atoms with Gasteiger partial charge in [-0.3, -0.25) is 4.90 Å². The molecule has 2 unspecified atom stereocenters. The van der Waals surface area contributed by atoms with Gasteiger partial charge in [-0.25, -0.2) is 4.39 Å². The third-order valence-corrected chi connectivity index (χ3v) is 4.47. The highest BCUT2D eigenvalue weighted by atomic mass is 79.9. The molecule has 0 aliphatic carbocycles. The van der Waals surface area contributed by atoms with E-state index in [1.54, 1.807) is 13.2 Å². The van der Waals surface area contributed by atoms with E-state index in [9.17, 15) is 4.39 Å². The number of nitrogens with zero attached hydrogens (tertiary/aromatic N) is 1. The molecular formula is C14H20BrFN2O2. The Hall–Kier alpha value is -0.850. The Morgan fingerprint density at radius 1 is 1.45 bits per heavy atom. The lowest BCUT2D eigenvalue weighted by Crippen LogP contribution is -2.21. The maximum Gasteiger partial charge on any atom is 0.168 e. The van der Waals surface area contributed by atoms with Crippen LogP contribution in [0.2, 0.25) is 0 Å². The summed E-state index contributed by atoms with van der Waals surface area (Å²) in [5, 5.41) is 0. The van der Waals surface area contributed by atoms with Crippen molar-refractivity contribution in [3.63, 3.8) is 0 Å². The molecular weight excluding hydrogens is 327 g/mol. The van der Waals surface area contributed by atoms with Crippen LogP contribution in [0.5, 0.6) is 11.5 Å². The molecule has 0 spiro atoms. The molecule has 1 fully saturated rings. The van der Waals surface area contributed by atoms with Crippen LogP contribution < -0.4 is 15.2 Å². The number of halogens is 2. The molecule has 2 N–H and O–H groups in total. The maximum atomic E-state index is 14.6. The highest BCUT2D eigenvalue weighted by molar-refractivity contribution is 9.10. The second-order valence-corrected chi connectivity index (χ2v) is 5.97. The molecule has 1 aliphatic heterocycles. The van der Waals surface area contributed by atoms with Crippen molar-refractivity contribution in [1.29, 1.82) is 0 Å². The van der Waals surface area contributed by atoms with Crippen molar-refractivity contribution in [3.8, 4) is 11.5 Å². The van der Waals surface area contributed by atoms with Gasteiger partial charge >= 0.3 is 0 Å². The average Bonchev–Trinajstić information content (AvgIpc) is 2.82. The van der Waals surface area contributed by atoms with E-state index < -0.39 is 0 Å². The van der Waals surface area contributed by atoms with E-state index in [1.807, 2.05) is 7.05 Å². The molecule has 1 heterocycles. The predicted molar refractivity (Wildman–Crippen MR) is 79.7 cm³/mol. The predicted octanol–water partition coefficient (Wildman–Crippen LogP) is 2.56. The second kappa shape index (κ2) is 6.28. The molecule has 0 amide bonds. The number of hydrogen-bond donors (Lipinski definition) is 1. The minimum Gasteiger partial charge on any atom is -0.493 e. The first-order valence-corrected chi connectivity index (χ1v) is 7.32. The van der Waals surface area contributed by atoms with E-state index in [0.717, 1.165) is 13.0 Å². The van der Waals surface area contributed by atoms with Crippen molar-refractivity contribution in [3.05, 3.63) is 21.9 Å². The SMILES string of the molecule is COc1cc(Br)c(F)c(C2CC(CN)CN2C)c1OC. The molecule has 0 bridgehead atoms. The molecule has 2 rings (SSSR count). The Balaban J connectivity index is 2.52. The third-order valence-electron chi connectivity index (χ3n) is 3.90. The summed E-state index contributed by atoms with van der Waals surface area (Å²) in [6.45, 7) is 1.47. The van der Waals surface area contributed by atoms with Crippen LogP contribution in [0.25, 0.3) is 0 Å². The van der Waals surface area contributed by atoms with Gasteiger partial charge in [0.25, 0.3) is 0 Å². The molecule has 1 aromatic rings. The summed E-state index contributed by atoms with van der Waals surface area (Å²) in [4.78, 5) is 2.12. The van der Waals surface area contributed by atoms with E-state index in [1.165, 1.54) is 7.11 Å². The van der Waals surface area contributed by atoms with Crippen LogP contribution in [-0.4, -0.2) is 39.3 Å². The molecule has 6 heteroatoms. The number of hydrogen-bond acceptors (Lipinski definition) is 4. The fourth-order valence-corrected chi connectivity index (χ4v) is 3.30. The standard InChI is InChI=1S/C14H20BrFN2O2/c1-18-7-8(6-17)4-10(18)12-13(16)9(15)5-11(19-2)14(12)20-3/h5,8,10H,4,6-7,17H2,1-3H3. The normalized spacial score (nSPS) is 23.1. The molecule has 4 nitrogen and oxygen atoms in total. The Morgan fingerprint density at radius 2 is 2.15 bits per heavy atom. The van der Waals surface area contributed by atoms with E-state index in [0.29, 0.717) is 34.0 Å². The van der Waals surface area contributed by atoms with Gasteiger partial charge < -0.3 is 15.2 Å². The minimum absolute atomic E-state index is 0.0510. The van der Waals surface area contributed by atoms with Gasteiger partial charge in [0.2, 0.25) is 0 Å². The first-order valence-electron chi connectivity index (χ1n) is 6.53. The second-order valence-electron chi connectivity index (χ2n) is 5.11. The van der Waals surface area contributed by atoms with Crippen LogP contribution in [0, 0.1) is 11.7 Å². The first kappa shape index (κ1) is 15.5. The lowest BCUT2D eigenvalue weighted by atomic mass is 9.98. The van der Waals surface area contributed by atoms with Gasteiger partial charge in [0.1, 0.15) is 5.82 Å². The van der Waals surface area contributed by atoms with Crippen LogP contribution >= 0.6 is 15.9 Å². The summed E-state index contributed by atoms with van der Waals surface area (Å²) in [6.07, 6.45) is 0.819. The number of rotatable bonds is 4. The first-order chi connectivity index (χ1) is 9.53. The van der Waals surface area contributed by atoms with Gasteiger partial charge in [0, 0.05) is 18.7 Å².